The Hall–Kier alpha value is -4.27. The summed E-state index contributed by atoms with van der Waals surface area (Å²) in [5.41, 5.74) is -3.88. The number of nitrogens with zero attached hydrogens (tertiary/aromatic N) is 2. The van der Waals surface area contributed by atoms with Gasteiger partial charge in [-0.15, -0.1) is 6.58 Å². The fourth-order valence-electron chi connectivity index (χ4n) is 3.69. The number of rotatable bonds is 9. The summed E-state index contributed by atoms with van der Waals surface area (Å²) >= 11 is 0. The fourth-order valence-corrected chi connectivity index (χ4v) is 3.69. The normalized spacial score (nSPS) is 12.9. The number of aromatic nitrogens is 1. The second-order valence-corrected chi connectivity index (χ2v) is 7.79. The third-order valence-electron chi connectivity index (χ3n) is 5.46. The quantitative estimate of drug-likeness (QED) is 0.119. The van der Waals surface area contributed by atoms with Crippen LogP contribution in [0.1, 0.15) is 27.2 Å². The zero-order valence-corrected chi connectivity index (χ0v) is 18.8. The van der Waals surface area contributed by atoms with Crippen molar-refractivity contribution in [3.8, 4) is 6.07 Å². The maximum absolute atomic E-state index is 14.4. The molecule has 7 nitrogen and oxygen atoms in total. The van der Waals surface area contributed by atoms with Crippen LogP contribution < -0.4 is 10.6 Å². The molecule has 11 heteroatoms. The van der Waals surface area contributed by atoms with Gasteiger partial charge in [0.1, 0.15) is 29.4 Å². The van der Waals surface area contributed by atoms with E-state index in [4.69, 9.17) is 10.7 Å². The molecular weight excluding hydrogens is 478 g/mol. The molecule has 1 atom stereocenters. The van der Waals surface area contributed by atoms with E-state index in [-0.39, 0.29) is 24.3 Å². The number of carbonyl (C=O) groups excluding carboxylic acids is 1. The fraction of sp³-hybridized carbons (Fsp3) is 0.160. The summed E-state index contributed by atoms with van der Waals surface area (Å²) in [5.74, 6) is -1.24. The number of allylic oxidation sites excluding steroid dienone is 1. The summed E-state index contributed by atoms with van der Waals surface area (Å²) in [6, 6.07) is 11.5. The molecule has 3 aromatic rings. The average molecular weight is 500 g/mol. The second kappa shape index (κ2) is 10.6. The minimum absolute atomic E-state index is 0.0272. The predicted octanol–water partition coefficient (Wildman–Crippen LogP) is 3.39. The topological polar surface area (TPSA) is 119 Å². The van der Waals surface area contributed by atoms with Gasteiger partial charge in [0.25, 0.3) is 5.91 Å². The number of nitriles is 1. The summed E-state index contributed by atoms with van der Waals surface area (Å²) in [6.07, 6.45) is -1.99. The zero-order valence-electron chi connectivity index (χ0n) is 18.8. The Morgan fingerprint density at radius 3 is 2.47 bits per heavy atom. The molecular formula is C25H22F4N5O2+. The van der Waals surface area contributed by atoms with Gasteiger partial charge in [-0.1, -0.05) is 6.08 Å². The number of halogens is 4. The Labute approximate surface area is 203 Å². The van der Waals surface area contributed by atoms with E-state index in [0.29, 0.717) is 11.4 Å². The van der Waals surface area contributed by atoms with Gasteiger partial charge in [0, 0.05) is 42.7 Å². The number of carbonyl (C=O) groups is 1. The van der Waals surface area contributed by atoms with Gasteiger partial charge < -0.3 is 20.4 Å². The van der Waals surface area contributed by atoms with E-state index in [2.05, 4.69) is 11.9 Å². The lowest BCUT2D eigenvalue weighted by Crippen LogP contribution is -2.71. The van der Waals surface area contributed by atoms with Crippen LogP contribution >= 0.6 is 0 Å². The van der Waals surface area contributed by atoms with Crippen LogP contribution in [0, 0.1) is 22.6 Å². The van der Waals surface area contributed by atoms with Crippen molar-refractivity contribution >= 4 is 23.5 Å². The van der Waals surface area contributed by atoms with Gasteiger partial charge in [0.05, 0.1) is 11.6 Å². The second-order valence-electron chi connectivity index (χ2n) is 7.79. The molecule has 0 aliphatic rings. The van der Waals surface area contributed by atoms with Gasteiger partial charge in [0.15, 0.2) is 0 Å². The van der Waals surface area contributed by atoms with Crippen LogP contribution in [0.3, 0.4) is 0 Å². The molecule has 0 fully saturated rings. The first-order chi connectivity index (χ1) is 17.0. The average Bonchev–Trinajstić information content (AvgIpc) is 3.27. The van der Waals surface area contributed by atoms with E-state index >= 15 is 0 Å². The first-order valence-corrected chi connectivity index (χ1v) is 10.6. The van der Waals surface area contributed by atoms with Crippen molar-refractivity contribution in [1.29, 1.82) is 10.7 Å². The number of alkyl halides is 3. The summed E-state index contributed by atoms with van der Waals surface area (Å²) in [6.45, 7) is 3.15. The molecule has 3 rings (SSSR count). The van der Waals surface area contributed by atoms with Gasteiger partial charge in [-0.3, -0.25) is 10.1 Å². The van der Waals surface area contributed by atoms with Crippen LogP contribution in [0.5, 0.6) is 0 Å². The van der Waals surface area contributed by atoms with Crippen LogP contribution in [-0.4, -0.2) is 34.5 Å². The summed E-state index contributed by atoms with van der Waals surface area (Å²) < 4.78 is 57.6. The number of amides is 1. The molecule has 186 valence electrons. The van der Waals surface area contributed by atoms with Crippen LogP contribution in [0.2, 0.25) is 0 Å². The molecule has 36 heavy (non-hydrogen) atoms. The van der Waals surface area contributed by atoms with Gasteiger partial charge in [0.2, 0.25) is 5.60 Å². The number of hydrogen-bond donors (Lipinski definition) is 4. The maximum atomic E-state index is 14.4. The van der Waals surface area contributed by atoms with E-state index in [0.717, 1.165) is 30.6 Å². The number of aliphatic hydroxyl groups is 1. The third-order valence-corrected chi connectivity index (χ3v) is 5.46. The smallest absolute Gasteiger partial charge is 0.372 e. The third kappa shape index (κ3) is 5.19. The predicted molar refractivity (Wildman–Crippen MR) is 124 cm³/mol. The molecule has 0 bridgehead atoms. The Morgan fingerprint density at radius 2 is 1.89 bits per heavy atom. The molecule has 5 N–H and O–H groups in total. The lowest BCUT2D eigenvalue weighted by Gasteiger charge is -2.30. The molecule has 0 aliphatic heterocycles. The minimum atomic E-state index is -5.20. The van der Waals surface area contributed by atoms with Crippen LogP contribution in [0.15, 0.2) is 67.4 Å². The van der Waals surface area contributed by atoms with Gasteiger partial charge in [-0.05, 0) is 35.9 Å². The molecule has 0 aliphatic carbocycles. The van der Waals surface area contributed by atoms with Crippen molar-refractivity contribution < 1.29 is 32.8 Å². The highest BCUT2D eigenvalue weighted by molar-refractivity contribution is 5.93. The number of benzene rings is 2. The highest BCUT2D eigenvalue weighted by Crippen LogP contribution is 2.45. The highest BCUT2D eigenvalue weighted by atomic mass is 19.4. The molecule has 1 aromatic heterocycles. The minimum Gasteiger partial charge on any atom is -0.372 e. The molecule has 0 spiro atoms. The lowest BCUT2D eigenvalue weighted by molar-refractivity contribution is -0.478. The van der Waals surface area contributed by atoms with Crippen molar-refractivity contribution in [2.45, 2.75) is 18.3 Å². The number of nitrogens with one attached hydrogen (secondary N) is 2. The SMILES string of the molecule is C=CCn1cc(C(O)(c2ccc([NH2+]c3ccc(F)cc3)c(C=N)c2)C(F)(F)F)cc1C(=O)NCC#N. The van der Waals surface area contributed by atoms with Gasteiger partial charge in [-0.25, -0.2) is 4.39 Å². The van der Waals surface area contributed by atoms with E-state index in [1.54, 1.807) is 11.4 Å². The number of hydrogen-bond acceptors (Lipinski definition) is 4. The van der Waals surface area contributed by atoms with Crippen molar-refractivity contribution in [2.75, 3.05) is 6.54 Å². The monoisotopic (exact) mass is 500 g/mol. The van der Waals surface area contributed by atoms with Gasteiger partial charge >= 0.3 is 6.18 Å². The number of quaternary nitrogens is 1. The zero-order chi connectivity index (χ0) is 26.5. The van der Waals surface area contributed by atoms with E-state index < -0.39 is 34.6 Å². The lowest BCUT2D eigenvalue weighted by atomic mass is 9.86. The molecule has 1 heterocycles. The Bertz CT molecular complexity index is 1330. The number of nitrogens with two attached hydrogens (primary N) is 1. The molecule has 0 saturated carbocycles. The molecule has 1 amide bonds. The molecule has 0 radical (unpaired) electrons. The molecule has 1 unspecified atom stereocenters. The molecule has 2 aromatic carbocycles. The van der Waals surface area contributed by atoms with Crippen molar-refractivity contribution in [3.63, 3.8) is 0 Å². The summed E-state index contributed by atoms with van der Waals surface area (Å²) in [5, 5.41) is 31.3. The van der Waals surface area contributed by atoms with Crippen LogP contribution in [0.25, 0.3) is 0 Å². The first kappa shape index (κ1) is 26.3. The summed E-state index contributed by atoms with van der Waals surface area (Å²) in [7, 11) is 0. The molecule has 0 saturated heterocycles. The first-order valence-electron chi connectivity index (χ1n) is 10.6. The standard InChI is InChI=1S/C25H21F4N5O2/c1-2-11-34-15-18(13-22(34)23(35)32-10-9-30)24(36,25(27,28)29)17-3-8-21(16(12-17)14-31)33-20-6-4-19(26)5-7-20/h2-8,12-15,31,33,36H,1,10-11H2,(H,32,35)/p+1. The van der Waals surface area contributed by atoms with Crippen LogP contribution in [0.4, 0.5) is 28.9 Å². The maximum Gasteiger partial charge on any atom is 0.425 e. The van der Waals surface area contributed by atoms with Gasteiger partial charge in [-0.2, -0.15) is 18.4 Å². The van der Waals surface area contributed by atoms with E-state index in [1.807, 2.05) is 0 Å². The van der Waals surface area contributed by atoms with Crippen molar-refractivity contribution in [3.05, 3.63) is 95.6 Å². The Balaban J connectivity index is 2.11. The Kier molecular flexibility index (Phi) is 7.72. The highest BCUT2D eigenvalue weighted by Gasteiger charge is 2.57. The van der Waals surface area contributed by atoms with Crippen molar-refractivity contribution in [1.82, 2.24) is 9.88 Å². The van der Waals surface area contributed by atoms with E-state index in [1.165, 1.54) is 41.0 Å². The largest absolute Gasteiger partial charge is 0.425 e. The van der Waals surface area contributed by atoms with Crippen molar-refractivity contribution in [2.24, 2.45) is 0 Å². The Morgan fingerprint density at radius 1 is 1.19 bits per heavy atom. The van der Waals surface area contributed by atoms with Crippen LogP contribution in [-0.2, 0) is 12.1 Å². The van der Waals surface area contributed by atoms with E-state index in [9.17, 15) is 27.5 Å². The summed E-state index contributed by atoms with van der Waals surface area (Å²) in [4.78, 5) is 12.4.